The number of hydrazine groups is 1. The Morgan fingerprint density at radius 3 is 2.75 bits per heavy atom. The van der Waals surface area contributed by atoms with Crippen LogP contribution in [0.2, 0.25) is 0 Å². The van der Waals surface area contributed by atoms with E-state index >= 15 is 0 Å². The summed E-state index contributed by atoms with van der Waals surface area (Å²) in [6, 6.07) is 0.509. The van der Waals surface area contributed by atoms with Gasteiger partial charge in [0.25, 0.3) is 0 Å². The number of hydrogen-bond donors (Lipinski definition) is 2. The lowest BCUT2D eigenvalue weighted by molar-refractivity contribution is 0.441. The zero-order chi connectivity index (χ0) is 8.97. The van der Waals surface area contributed by atoms with Gasteiger partial charge >= 0.3 is 0 Å². The maximum atomic E-state index is 5.46. The van der Waals surface area contributed by atoms with Crippen molar-refractivity contribution in [3.63, 3.8) is 0 Å². The molecule has 0 aromatic rings. The van der Waals surface area contributed by atoms with Gasteiger partial charge in [-0.3, -0.25) is 11.3 Å². The van der Waals surface area contributed by atoms with Crippen LogP contribution in [0.25, 0.3) is 0 Å². The molecule has 0 heterocycles. The first-order valence-corrected chi connectivity index (χ1v) is 4.83. The van der Waals surface area contributed by atoms with Crippen LogP contribution in [0.15, 0.2) is 12.2 Å². The third-order valence-corrected chi connectivity index (χ3v) is 2.47. The Hall–Kier alpha value is -0.340. The van der Waals surface area contributed by atoms with Gasteiger partial charge < -0.3 is 0 Å². The summed E-state index contributed by atoms with van der Waals surface area (Å²) >= 11 is 0. The van der Waals surface area contributed by atoms with Crippen LogP contribution in [-0.4, -0.2) is 6.04 Å². The van der Waals surface area contributed by atoms with Crippen molar-refractivity contribution in [2.45, 2.75) is 45.1 Å². The SMILES string of the molecule is C=C(C)CCC(CC1CC1)NN. The first kappa shape index (κ1) is 9.75. The van der Waals surface area contributed by atoms with Crippen molar-refractivity contribution in [2.75, 3.05) is 0 Å². The minimum atomic E-state index is 0.509. The largest absolute Gasteiger partial charge is 0.271 e. The minimum absolute atomic E-state index is 0.509. The molecule has 2 heteroatoms. The molecule has 0 amide bonds. The first-order valence-electron chi connectivity index (χ1n) is 4.83. The maximum Gasteiger partial charge on any atom is 0.0216 e. The van der Waals surface area contributed by atoms with E-state index < -0.39 is 0 Å². The van der Waals surface area contributed by atoms with Crippen LogP contribution in [0.3, 0.4) is 0 Å². The van der Waals surface area contributed by atoms with Gasteiger partial charge in [-0.25, -0.2) is 0 Å². The Balaban J connectivity index is 2.10. The van der Waals surface area contributed by atoms with Crippen molar-refractivity contribution in [1.82, 2.24) is 5.43 Å². The molecule has 1 rings (SSSR count). The number of hydrogen-bond acceptors (Lipinski definition) is 2. The van der Waals surface area contributed by atoms with Crippen LogP contribution >= 0.6 is 0 Å². The predicted molar refractivity (Wildman–Crippen MR) is 52.5 cm³/mol. The fraction of sp³-hybridized carbons (Fsp3) is 0.800. The van der Waals surface area contributed by atoms with Gasteiger partial charge in [0.1, 0.15) is 0 Å². The summed E-state index contributed by atoms with van der Waals surface area (Å²) in [6.45, 7) is 5.96. The molecular formula is C10H20N2. The number of nitrogens with one attached hydrogen (secondary N) is 1. The van der Waals surface area contributed by atoms with E-state index in [0.717, 1.165) is 18.8 Å². The first-order chi connectivity index (χ1) is 5.72. The van der Waals surface area contributed by atoms with E-state index in [0.29, 0.717) is 6.04 Å². The molecule has 0 aromatic heterocycles. The summed E-state index contributed by atoms with van der Waals surface area (Å²) in [6.07, 6.45) is 6.31. The minimum Gasteiger partial charge on any atom is -0.271 e. The normalized spacial score (nSPS) is 19.2. The highest BCUT2D eigenvalue weighted by Crippen LogP contribution is 2.34. The van der Waals surface area contributed by atoms with Gasteiger partial charge in [0.2, 0.25) is 0 Å². The Kier molecular flexibility index (Phi) is 3.76. The molecule has 1 aliphatic carbocycles. The zero-order valence-corrected chi connectivity index (χ0v) is 7.97. The van der Waals surface area contributed by atoms with Crippen molar-refractivity contribution in [3.8, 4) is 0 Å². The quantitative estimate of drug-likeness (QED) is 0.361. The molecule has 0 aromatic carbocycles. The highest BCUT2D eigenvalue weighted by atomic mass is 15.2. The van der Waals surface area contributed by atoms with E-state index in [9.17, 15) is 0 Å². The van der Waals surface area contributed by atoms with Crippen molar-refractivity contribution in [1.29, 1.82) is 0 Å². The fourth-order valence-electron chi connectivity index (χ4n) is 1.45. The van der Waals surface area contributed by atoms with Gasteiger partial charge in [0.15, 0.2) is 0 Å². The Morgan fingerprint density at radius 2 is 2.33 bits per heavy atom. The molecule has 1 saturated carbocycles. The van der Waals surface area contributed by atoms with Gasteiger partial charge in [-0.15, -0.1) is 6.58 Å². The summed E-state index contributed by atoms with van der Waals surface area (Å²) in [5, 5.41) is 0. The van der Waals surface area contributed by atoms with Crippen molar-refractivity contribution < 1.29 is 0 Å². The van der Waals surface area contributed by atoms with Crippen molar-refractivity contribution >= 4 is 0 Å². The highest BCUT2D eigenvalue weighted by Gasteiger charge is 2.24. The third kappa shape index (κ3) is 3.88. The van der Waals surface area contributed by atoms with E-state index in [4.69, 9.17) is 5.84 Å². The molecule has 12 heavy (non-hydrogen) atoms. The van der Waals surface area contributed by atoms with Crippen molar-refractivity contribution in [3.05, 3.63) is 12.2 Å². The molecule has 1 fully saturated rings. The Morgan fingerprint density at radius 1 is 1.67 bits per heavy atom. The van der Waals surface area contributed by atoms with Gasteiger partial charge in [-0.05, 0) is 32.1 Å². The van der Waals surface area contributed by atoms with E-state index in [1.165, 1.54) is 24.8 Å². The topological polar surface area (TPSA) is 38.0 Å². The molecule has 0 bridgehead atoms. The second kappa shape index (κ2) is 4.63. The molecule has 3 N–H and O–H groups in total. The van der Waals surface area contributed by atoms with Crippen LogP contribution in [0.4, 0.5) is 0 Å². The molecule has 0 radical (unpaired) electrons. The van der Waals surface area contributed by atoms with Gasteiger partial charge in [-0.2, -0.15) is 0 Å². The van der Waals surface area contributed by atoms with E-state index in [-0.39, 0.29) is 0 Å². The van der Waals surface area contributed by atoms with E-state index in [2.05, 4.69) is 18.9 Å². The summed E-state index contributed by atoms with van der Waals surface area (Å²) in [7, 11) is 0. The smallest absolute Gasteiger partial charge is 0.0216 e. The van der Waals surface area contributed by atoms with Crippen LogP contribution in [0.1, 0.15) is 39.0 Å². The molecule has 1 atom stereocenters. The number of allylic oxidation sites excluding steroid dienone is 1. The molecule has 0 aliphatic heterocycles. The average molecular weight is 168 g/mol. The molecule has 70 valence electrons. The Labute approximate surface area is 75.2 Å². The molecule has 1 aliphatic rings. The maximum absolute atomic E-state index is 5.46. The summed E-state index contributed by atoms with van der Waals surface area (Å²) < 4.78 is 0. The van der Waals surface area contributed by atoms with E-state index in [1.54, 1.807) is 0 Å². The van der Waals surface area contributed by atoms with Crippen molar-refractivity contribution in [2.24, 2.45) is 11.8 Å². The molecular weight excluding hydrogens is 148 g/mol. The monoisotopic (exact) mass is 168 g/mol. The zero-order valence-electron chi connectivity index (χ0n) is 7.97. The second-order valence-corrected chi connectivity index (χ2v) is 4.04. The van der Waals surface area contributed by atoms with Crippen LogP contribution in [-0.2, 0) is 0 Å². The standard InChI is InChI=1S/C10H20N2/c1-8(2)3-6-10(12-11)7-9-4-5-9/h9-10,12H,1,3-7,11H2,2H3. The number of rotatable bonds is 6. The van der Waals surface area contributed by atoms with Crippen LogP contribution < -0.4 is 11.3 Å². The van der Waals surface area contributed by atoms with Gasteiger partial charge in [0.05, 0.1) is 0 Å². The summed E-state index contributed by atoms with van der Waals surface area (Å²) in [5.74, 6) is 6.41. The van der Waals surface area contributed by atoms with Gasteiger partial charge in [0, 0.05) is 6.04 Å². The lowest BCUT2D eigenvalue weighted by atomic mass is 10.0. The molecule has 0 saturated heterocycles. The molecule has 0 spiro atoms. The average Bonchev–Trinajstić information content (AvgIpc) is 2.81. The van der Waals surface area contributed by atoms with E-state index in [1.807, 2.05) is 0 Å². The lowest BCUT2D eigenvalue weighted by Gasteiger charge is -2.14. The fourth-order valence-corrected chi connectivity index (χ4v) is 1.45. The lowest BCUT2D eigenvalue weighted by Crippen LogP contribution is -2.35. The summed E-state index contributed by atoms with van der Waals surface area (Å²) in [4.78, 5) is 0. The third-order valence-electron chi connectivity index (χ3n) is 2.47. The predicted octanol–water partition coefficient (Wildman–Crippen LogP) is 1.97. The second-order valence-electron chi connectivity index (χ2n) is 4.04. The number of nitrogens with two attached hydrogens (primary N) is 1. The van der Waals surface area contributed by atoms with Crippen LogP contribution in [0, 0.1) is 5.92 Å². The van der Waals surface area contributed by atoms with Gasteiger partial charge in [-0.1, -0.05) is 18.4 Å². The molecule has 1 unspecified atom stereocenters. The molecule has 2 nitrogen and oxygen atoms in total. The van der Waals surface area contributed by atoms with Crippen LogP contribution in [0.5, 0.6) is 0 Å². The summed E-state index contributed by atoms with van der Waals surface area (Å²) in [5.41, 5.74) is 4.14. The highest BCUT2D eigenvalue weighted by molar-refractivity contribution is 4.90. The Bertz CT molecular complexity index is 150.